The van der Waals surface area contributed by atoms with Crippen molar-refractivity contribution in [3.05, 3.63) is 40.7 Å². The predicted molar refractivity (Wildman–Crippen MR) is 103 cm³/mol. The Balaban J connectivity index is 1.75. The van der Waals surface area contributed by atoms with Crippen molar-refractivity contribution in [1.29, 1.82) is 0 Å². The van der Waals surface area contributed by atoms with E-state index in [1.807, 2.05) is 24.3 Å². The van der Waals surface area contributed by atoms with Crippen LogP contribution in [0.15, 0.2) is 39.2 Å². The lowest BCUT2D eigenvalue weighted by atomic mass is 10.1. The van der Waals surface area contributed by atoms with Crippen molar-refractivity contribution >= 4 is 55.2 Å². The molecule has 0 unspecified atom stereocenters. The molecule has 0 fully saturated rings. The van der Waals surface area contributed by atoms with Gasteiger partial charge in [0.1, 0.15) is 17.9 Å². The predicted octanol–water partition coefficient (Wildman–Crippen LogP) is 5.28. The van der Waals surface area contributed by atoms with Gasteiger partial charge in [-0.05, 0) is 30.3 Å². The Labute approximate surface area is 156 Å². The number of nitrogens with one attached hydrogen (secondary N) is 2. The minimum atomic E-state index is 0.262. The summed E-state index contributed by atoms with van der Waals surface area (Å²) in [5.41, 5.74) is 5.65. The Bertz CT molecular complexity index is 1120. The van der Waals surface area contributed by atoms with Crippen molar-refractivity contribution in [2.45, 2.75) is 5.88 Å². The first-order chi connectivity index (χ1) is 12.2. The van der Waals surface area contributed by atoms with E-state index in [0.29, 0.717) is 12.5 Å². The fourth-order valence-corrected chi connectivity index (χ4v) is 3.84. The molecule has 7 heteroatoms. The van der Waals surface area contributed by atoms with Gasteiger partial charge in [0.2, 0.25) is 5.89 Å². The quantitative estimate of drug-likeness (QED) is 0.435. The summed E-state index contributed by atoms with van der Waals surface area (Å²) in [5, 5.41) is 4.55. The number of ether oxygens (including phenoxy) is 1. The van der Waals surface area contributed by atoms with Gasteiger partial charge in [0, 0.05) is 16.6 Å². The van der Waals surface area contributed by atoms with Crippen LogP contribution in [0, 0.1) is 0 Å². The third-order valence-electron chi connectivity index (χ3n) is 4.32. The third-order valence-corrected chi connectivity index (χ3v) is 5.01. The first kappa shape index (κ1) is 15.1. The Morgan fingerprint density at radius 1 is 1.24 bits per heavy atom. The fraction of sp³-hybridized carbons (Fsp3) is 0.167. The van der Waals surface area contributed by atoms with Crippen LogP contribution in [0.1, 0.15) is 5.89 Å². The van der Waals surface area contributed by atoms with E-state index in [1.54, 1.807) is 0 Å². The van der Waals surface area contributed by atoms with Gasteiger partial charge in [0.15, 0.2) is 5.58 Å². The van der Waals surface area contributed by atoms with Crippen molar-refractivity contribution in [3.63, 3.8) is 0 Å². The molecule has 0 amide bonds. The number of benzene rings is 2. The Kier molecular flexibility index (Phi) is 3.43. The van der Waals surface area contributed by atoms with E-state index >= 15 is 0 Å². The smallest absolute Gasteiger partial charge is 0.210 e. The molecule has 5 nitrogen and oxygen atoms in total. The molecule has 2 aromatic carbocycles. The van der Waals surface area contributed by atoms with Crippen molar-refractivity contribution < 1.29 is 9.15 Å². The van der Waals surface area contributed by atoms with Crippen LogP contribution >= 0.6 is 27.5 Å². The molecule has 0 atom stereocenters. The molecule has 0 spiro atoms. The highest BCUT2D eigenvalue weighted by Crippen LogP contribution is 2.43. The maximum absolute atomic E-state index is 5.88. The molecule has 0 saturated heterocycles. The van der Waals surface area contributed by atoms with Crippen LogP contribution in [0.2, 0.25) is 0 Å². The van der Waals surface area contributed by atoms with Crippen molar-refractivity contribution in [2.75, 3.05) is 18.5 Å². The zero-order valence-electron chi connectivity index (χ0n) is 13.0. The molecule has 5 rings (SSSR count). The number of nitrogens with zero attached hydrogens (tertiary/aromatic N) is 1. The van der Waals surface area contributed by atoms with Gasteiger partial charge in [-0.3, -0.25) is 0 Å². The lowest BCUT2D eigenvalue weighted by Crippen LogP contribution is -2.08. The van der Waals surface area contributed by atoms with Crippen LogP contribution in [0.3, 0.4) is 0 Å². The SMILES string of the molecule is ClCc1nc2cc(-c3[nH]c4cc(Br)cc5c4c3NCCO5)ccc2o1. The van der Waals surface area contributed by atoms with Crippen LogP contribution in [0.4, 0.5) is 5.69 Å². The lowest BCUT2D eigenvalue weighted by Gasteiger charge is -2.05. The summed E-state index contributed by atoms with van der Waals surface area (Å²) in [7, 11) is 0. The molecule has 3 heterocycles. The summed E-state index contributed by atoms with van der Waals surface area (Å²) in [6, 6.07) is 10.0. The molecule has 0 bridgehead atoms. The normalized spacial score (nSPS) is 13.7. The number of fused-ring (bicyclic) bond motifs is 1. The van der Waals surface area contributed by atoms with Crippen molar-refractivity contribution in [3.8, 4) is 17.0 Å². The van der Waals surface area contributed by atoms with Gasteiger partial charge in [0.05, 0.1) is 28.2 Å². The highest BCUT2D eigenvalue weighted by Gasteiger charge is 2.20. The van der Waals surface area contributed by atoms with Gasteiger partial charge in [0.25, 0.3) is 0 Å². The van der Waals surface area contributed by atoms with Crippen LogP contribution in [0.25, 0.3) is 33.3 Å². The molecule has 25 heavy (non-hydrogen) atoms. The van der Waals surface area contributed by atoms with E-state index in [9.17, 15) is 0 Å². The van der Waals surface area contributed by atoms with E-state index in [-0.39, 0.29) is 5.88 Å². The topological polar surface area (TPSA) is 63.1 Å². The highest BCUT2D eigenvalue weighted by atomic mass is 79.9. The number of alkyl halides is 1. The molecule has 126 valence electrons. The first-order valence-corrected chi connectivity index (χ1v) is 9.23. The molecule has 2 aromatic heterocycles. The average Bonchev–Trinajstić information content (AvgIpc) is 3.11. The number of hydrogen-bond donors (Lipinski definition) is 2. The fourth-order valence-electron chi connectivity index (χ4n) is 3.29. The van der Waals surface area contributed by atoms with E-state index in [0.717, 1.165) is 55.7 Å². The molecule has 0 radical (unpaired) electrons. The minimum absolute atomic E-state index is 0.262. The standard InChI is InChI=1S/C18H13BrClN3O2/c19-10-6-12-16-14(7-10)24-4-3-21-18(16)17(23-12)9-1-2-13-11(5-9)22-15(8-20)25-13/h1-2,5-7,21,23H,3-4,8H2. The summed E-state index contributed by atoms with van der Waals surface area (Å²) in [6.07, 6.45) is 0. The van der Waals surface area contributed by atoms with Crippen LogP contribution in [0.5, 0.6) is 5.75 Å². The highest BCUT2D eigenvalue weighted by molar-refractivity contribution is 9.10. The number of aromatic nitrogens is 2. The van der Waals surface area contributed by atoms with Gasteiger partial charge in [-0.1, -0.05) is 15.9 Å². The summed E-state index contributed by atoms with van der Waals surface area (Å²) in [6.45, 7) is 1.37. The van der Waals surface area contributed by atoms with Crippen molar-refractivity contribution in [1.82, 2.24) is 9.97 Å². The molecular formula is C18H13BrClN3O2. The molecular weight excluding hydrogens is 406 g/mol. The lowest BCUT2D eigenvalue weighted by molar-refractivity contribution is 0.339. The molecule has 0 aliphatic carbocycles. The Morgan fingerprint density at radius 2 is 2.16 bits per heavy atom. The summed E-state index contributed by atoms with van der Waals surface area (Å²) in [4.78, 5) is 7.94. The van der Waals surface area contributed by atoms with Crippen molar-refractivity contribution in [2.24, 2.45) is 0 Å². The number of halogens is 2. The van der Waals surface area contributed by atoms with E-state index in [1.165, 1.54) is 0 Å². The number of rotatable bonds is 2. The third kappa shape index (κ3) is 2.40. The first-order valence-electron chi connectivity index (χ1n) is 7.90. The zero-order chi connectivity index (χ0) is 17.0. The molecule has 4 aromatic rings. The number of hydrogen-bond acceptors (Lipinski definition) is 4. The second-order valence-corrected chi connectivity index (χ2v) is 7.08. The maximum atomic E-state index is 5.88. The van der Waals surface area contributed by atoms with E-state index in [2.05, 4.69) is 37.3 Å². The molecule has 2 N–H and O–H groups in total. The number of anilines is 1. The van der Waals surface area contributed by atoms with E-state index < -0.39 is 0 Å². The van der Waals surface area contributed by atoms with Gasteiger partial charge in [-0.25, -0.2) is 4.98 Å². The van der Waals surface area contributed by atoms with Gasteiger partial charge in [-0.2, -0.15) is 0 Å². The van der Waals surface area contributed by atoms with Gasteiger partial charge < -0.3 is 19.5 Å². The Hall–Kier alpha value is -2.18. The summed E-state index contributed by atoms with van der Waals surface area (Å²) >= 11 is 9.38. The average molecular weight is 419 g/mol. The second kappa shape index (κ2) is 5.68. The van der Waals surface area contributed by atoms with Crippen LogP contribution in [-0.4, -0.2) is 23.1 Å². The maximum Gasteiger partial charge on any atom is 0.210 e. The number of aromatic amines is 1. The van der Waals surface area contributed by atoms with Crippen LogP contribution < -0.4 is 10.1 Å². The summed E-state index contributed by atoms with van der Waals surface area (Å²) < 4.78 is 12.5. The largest absolute Gasteiger partial charge is 0.491 e. The minimum Gasteiger partial charge on any atom is -0.491 e. The van der Waals surface area contributed by atoms with Crippen LogP contribution in [-0.2, 0) is 5.88 Å². The second-order valence-electron chi connectivity index (χ2n) is 5.90. The molecule has 1 aliphatic heterocycles. The zero-order valence-corrected chi connectivity index (χ0v) is 15.4. The van der Waals surface area contributed by atoms with Gasteiger partial charge in [-0.15, -0.1) is 11.6 Å². The van der Waals surface area contributed by atoms with E-state index in [4.69, 9.17) is 20.8 Å². The van der Waals surface area contributed by atoms with Gasteiger partial charge >= 0.3 is 0 Å². The number of H-pyrrole nitrogens is 1. The Morgan fingerprint density at radius 3 is 3.04 bits per heavy atom. The molecule has 0 saturated carbocycles. The number of oxazole rings is 1. The monoisotopic (exact) mass is 417 g/mol. The molecule has 1 aliphatic rings. The summed E-state index contributed by atoms with van der Waals surface area (Å²) in [5.74, 6) is 1.66.